The van der Waals surface area contributed by atoms with Gasteiger partial charge in [-0.2, -0.15) is 0 Å². The summed E-state index contributed by atoms with van der Waals surface area (Å²) in [6, 6.07) is 14.9. The molecule has 1 saturated carbocycles. The van der Waals surface area contributed by atoms with Crippen LogP contribution in [0.4, 0.5) is 0 Å². The molecule has 0 aromatic heterocycles. The fourth-order valence-corrected chi connectivity index (χ4v) is 3.88. The molecule has 1 aliphatic rings. The summed E-state index contributed by atoms with van der Waals surface area (Å²) in [7, 11) is 0. The van der Waals surface area contributed by atoms with E-state index in [0.717, 1.165) is 31.2 Å². The topological polar surface area (TPSA) is 69.6 Å². The van der Waals surface area contributed by atoms with E-state index in [9.17, 15) is 9.90 Å². The van der Waals surface area contributed by atoms with Crippen molar-refractivity contribution in [2.45, 2.75) is 43.7 Å². The lowest BCUT2D eigenvalue weighted by atomic mass is 9.81. The van der Waals surface area contributed by atoms with Gasteiger partial charge in [-0.05, 0) is 60.6 Å². The third-order valence-corrected chi connectivity index (χ3v) is 5.37. The second-order valence-corrected chi connectivity index (χ2v) is 7.40. The molecule has 0 bridgehead atoms. The Morgan fingerprint density at radius 3 is 2.65 bits per heavy atom. The van der Waals surface area contributed by atoms with Crippen LogP contribution in [0.2, 0.25) is 5.02 Å². The van der Waals surface area contributed by atoms with Crippen molar-refractivity contribution in [2.75, 3.05) is 6.54 Å². The highest BCUT2D eigenvalue weighted by Gasteiger charge is 2.24. The van der Waals surface area contributed by atoms with Gasteiger partial charge in [0.1, 0.15) is 0 Å². The first-order valence-corrected chi connectivity index (χ1v) is 9.41. The van der Waals surface area contributed by atoms with Gasteiger partial charge in [0, 0.05) is 17.6 Å². The maximum Gasteiger partial charge on any atom is 0.335 e. The Morgan fingerprint density at radius 1 is 1.19 bits per heavy atom. The van der Waals surface area contributed by atoms with Gasteiger partial charge in [-0.25, -0.2) is 4.79 Å². The Labute approximate surface area is 158 Å². The lowest BCUT2D eigenvalue weighted by Gasteiger charge is -2.31. The van der Waals surface area contributed by atoms with Gasteiger partial charge in [0.05, 0.1) is 11.7 Å². The number of halogens is 1. The van der Waals surface area contributed by atoms with E-state index >= 15 is 0 Å². The summed E-state index contributed by atoms with van der Waals surface area (Å²) in [5.74, 6) is -0.470. The SMILES string of the molecule is O=C(O)c1ccc(C2CCCC(NCC(O)c3cccc(Cl)c3)C2)cc1. The highest BCUT2D eigenvalue weighted by Crippen LogP contribution is 2.33. The number of aromatic carboxylic acids is 1. The summed E-state index contributed by atoms with van der Waals surface area (Å²) in [4.78, 5) is 11.0. The third-order valence-electron chi connectivity index (χ3n) is 5.14. The van der Waals surface area contributed by atoms with Crippen molar-refractivity contribution in [3.05, 3.63) is 70.2 Å². The van der Waals surface area contributed by atoms with Gasteiger partial charge < -0.3 is 15.5 Å². The number of carbonyl (C=O) groups is 1. The number of nitrogens with one attached hydrogen (secondary N) is 1. The predicted molar refractivity (Wildman–Crippen MR) is 103 cm³/mol. The summed E-state index contributed by atoms with van der Waals surface area (Å²) in [5.41, 5.74) is 2.34. The summed E-state index contributed by atoms with van der Waals surface area (Å²) in [6.07, 6.45) is 3.74. The van der Waals surface area contributed by atoms with Gasteiger partial charge in [0.2, 0.25) is 0 Å². The highest BCUT2D eigenvalue weighted by molar-refractivity contribution is 6.30. The van der Waals surface area contributed by atoms with Crippen LogP contribution in [0, 0.1) is 0 Å². The van der Waals surface area contributed by atoms with Gasteiger partial charge >= 0.3 is 5.97 Å². The monoisotopic (exact) mass is 373 g/mol. The van der Waals surface area contributed by atoms with Gasteiger partial charge in [-0.15, -0.1) is 0 Å². The van der Waals surface area contributed by atoms with Crippen LogP contribution in [-0.2, 0) is 0 Å². The molecular formula is C21H24ClNO3. The first-order valence-electron chi connectivity index (χ1n) is 9.03. The fourth-order valence-electron chi connectivity index (χ4n) is 3.69. The van der Waals surface area contributed by atoms with Crippen LogP contribution < -0.4 is 5.32 Å². The van der Waals surface area contributed by atoms with Crippen LogP contribution in [0.5, 0.6) is 0 Å². The number of carboxylic acid groups (broad SMARTS) is 1. The largest absolute Gasteiger partial charge is 0.478 e. The van der Waals surface area contributed by atoms with E-state index in [1.807, 2.05) is 24.3 Å². The molecular weight excluding hydrogens is 350 g/mol. The van der Waals surface area contributed by atoms with E-state index in [-0.39, 0.29) is 0 Å². The van der Waals surface area contributed by atoms with Crippen LogP contribution in [0.1, 0.15) is 59.2 Å². The first-order chi connectivity index (χ1) is 12.5. The third kappa shape index (κ3) is 4.85. The van der Waals surface area contributed by atoms with Crippen molar-refractivity contribution in [3.63, 3.8) is 0 Å². The maximum absolute atomic E-state index is 11.0. The fraction of sp³-hybridized carbons (Fsp3) is 0.381. The van der Waals surface area contributed by atoms with Crippen LogP contribution >= 0.6 is 11.6 Å². The molecule has 0 saturated heterocycles. The molecule has 5 heteroatoms. The zero-order chi connectivity index (χ0) is 18.5. The zero-order valence-corrected chi connectivity index (χ0v) is 15.3. The Hall–Kier alpha value is -1.88. The molecule has 3 atom stereocenters. The van der Waals surface area contributed by atoms with Crippen molar-refractivity contribution in [2.24, 2.45) is 0 Å². The Kier molecular flexibility index (Phi) is 6.30. The summed E-state index contributed by atoms with van der Waals surface area (Å²) in [5, 5.41) is 23.5. The van der Waals surface area contributed by atoms with E-state index in [1.54, 1.807) is 24.3 Å². The smallest absolute Gasteiger partial charge is 0.335 e. The van der Waals surface area contributed by atoms with Crippen LogP contribution in [-0.4, -0.2) is 28.8 Å². The number of carboxylic acids is 1. The molecule has 0 radical (unpaired) electrons. The van der Waals surface area contributed by atoms with Gasteiger partial charge in [-0.3, -0.25) is 0 Å². The maximum atomic E-state index is 11.0. The molecule has 3 rings (SSSR count). The van der Waals surface area contributed by atoms with Gasteiger partial charge in [0.25, 0.3) is 0 Å². The normalized spacial score (nSPS) is 21.3. The minimum absolute atomic E-state index is 0.323. The summed E-state index contributed by atoms with van der Waals surface area (Å²) < 4.78 is 0. The minimum Gasteiger partial charge on any atom is -0.478 e. The van der Waals surface area contributed by atoms with E-state index in [2.05, 4.69) is 5.32 Å². The molecule has 2 aromatic rings. The number of hydrogen-bond donors (Lipinski definition) is 3. The van der Waals surface area contributed by atoms with Crippen LogP contribution in [0.3, 0.4) is 0 Å². The molecule has 0 heterocycles. The van der Waals surface area contributed by atoms with Gasteiger partial charge in [0.15, 0.2) is 0 Å². The van der Waals surface area contributed by atoms with Crippen molar-refractivity contribution in [3.8, 4) is 0 Å². The molecule has 1 fully saturated rings. The van der Waals surface area contributed by atoms with Gasteiger partial charge in [-0.1, -0.05) is 42.3 Å². The van der Waals surface area contributed by atoms with Crippen molar-refractivity contribution < 1.29 is 15.0 Å². The van der Waals surface area contributed by atoms with Crippen molar-refractivity contribution in [1.82, 2.24) is 5.32 Å². The van der Waals surface area contributed by atoms with E-state index in [1.165, 1.54) is 5.56 Å². The van der Waals surface area contributed by atoms with E-state index in [0.29, 0.717) is 29.1 Å². The Morgan fingerprint density at radius 2 is 1.96 bits per heavy atom. The number of aliphatic hydroxyl groups excluding tert-OH is 1. The molecule has 3 unspecified atom stereocenters. The quantitative estimate of drug-likeness (QED) is 0.702. The first kappa shape index (κ1) is 18.9. The van der Waals surface area contributed by atoms with E-state index < -0.39 is 12.1 Å². The average molecular weight is 374 g/mol. The molecule has 2 aromatic carbocycles. The minimum atomic E-state index is -0.894. The molecule has 3 N–H and O–H groups in total. The lowest BCUT2D eigenvalue weighted by molar-refractivity contribution is 0.0697. The highest BCUT2D eigenvalue weighted by atomic mass is 35.5. The molecule has 1 aliphatic carbocycles. The molecule has 0 aliphatic heterocycles. The van der Waals surface area contributed by atoms with Crippen molar-refractivity contribution in [1.29, 1.82) is 0 Å². The Bertz CT molecular complexity index is 747. The predicted octanol–water partition coefficient (Wildman–Crippen LogP) is 4.39. The zero-order valence-electron chi connectivity index (χ0n) is 14.6. The molecule has 26 heavy (non-hydrogen) atoms. The van der Waals surface area contributed by atoms with Crippen LogP contribution in [0.15, 0.2) is 48.5 Å². The number of aliphatic hydroxyl groups is 1. The number of hydrogen-bond acceptors (Lipinski definition) is 3. The Balaban J connectivity index is 1.55. The number of rotatable bonds is 6. The molecule has 0 amide bonds. The van der Waals surface area contributed by atoms with E-state index in [4.69, 9.17) is 16.7 Å². The second-order valence-electron chi connectivity index (χ2n) is 6.97. The molecule has 4 nitrogen and oxygen atoms in total. The second kappa shape index (κ2) is 8.67. The summed E-state index contributed by atoms with van der Waals surface area (Å²) >= 11 is 5.99. The van der Waals surface area contributed by atoms with Crippen molar-refractivity contribution >= 4 is 17.6 Å². The summed E-state index contributed by atoms with van der Waals surface area (Å²) in [6.45, 7) is 0.496. The number of benzene rings is 2. The lowest BCUT2D eigenvalue weighted by Crippen LogP contribution is -2.36. The average Bonchev–Trinajstić information content (AvgIpc) is 2.66. The molecule has 138 valence electrons. The molecule has 0 spiro atoms. The standard InChI is InChI=1S/C21H24ClNO3/c22-18-5-1-4-17(11-18)20(24)13-23-19-6-2-3-16(12-19)14-7-9-15(10-8-14)21(25)26/h1,4-5,7-11,16,19-20,23-24H,2-3,6,12-13H2,(H,25,26). The van der Waals surface area contributed by atoms with Crippen LogP contribution in [0.25, 0.3) is 0 Å².